The fourth-order valence-corrected chi connectivity index (χ4v) is 1.93. The number of aryl methyl sites for hydroxylation is 1. The Hall–Kier alpha value is -1.46. The molecule has 5 heteroatoms. The molecule has 106 valence electrons. The highest BCUT2D eigenvalue weighted by Gasteiger charge is 2.02. The van der Waals surface area contributed by atoms with Gasteiger partial charge in [0.1, 0.15) is 5.75 Å². The van der Waals surface area contributed by atoms with E-state index in [4.69, 9.17) is 4.74 Å². The molecule has 2 rings (SSSR count). The molecule has 0 aliphatic heterocycles. The van der Waals surface area contributed by atoms with Gasteiger partial charge in [0.05, 0.1) is 18.1 Å². The van der Waals surface area contributed by atoms with Gasteiger partial charge >= 0.3 is 0 Å². The molecule has 1 heterocycles. The van der Waals surface area contributed by atoms with Crippen molar-refractivity contribution in [3.63, 3.8) is 0 Å². The van der Waals surface area contributed by atoms with E-state index in [2.05, 4.69) is 38.1 Å². The smallest absolute Gasteiger partial charge is 0.237 e. The predicted octanol–water partition coefficient (Wildman–Crippen LogP) is 3.84. The van der Waals surface area contributed by atoms with E-state index < -0.39 is 0 Å². The first-order valence-corrected chi connectivity index (χ1v) is 7.44. The van der Waals surface area contributed by atoms with Gasteiger partial charge in [0.2, 0.25) is 5.88 Å². The first-order chi connectivity index (χ1) is 9.69. The lowest BCUT2D eigenvalue weighted by atomic mass is 10.2. The molecule has 0 fully saturated rings. The van der Waals surface area contributed by atoms with E-state index in [0.717, 1.165) is 41.0 Å². The van der Waals surface area contributed by atoms with E-state index in [-0.39, 0.29) is 0 Å². The Morgan fingerprint density at radius 3 is 2.75 bits per heavy atom. The Morgan fingerprint density at radius 2 is 2.10 bits per heavy atom. The maximum atomic E-state index is 5.68. The number of hydrogen-bond donors (Lipinski definition) is 1. The van der Waals surface area contributed by atoms with Crippen LogP contribution in [0.1, 0.15) is 24.6 Å². The van der Waals surface area contributed by atoms with Crippen molar-refractivity contribution < 1.29 is 4.74 Å². The third-order valence-corrected chi connectivity index (χ3v) is 3.66. The lowest BCUT2D eigenvalue weighted by Crippen LogP contribution is -2.14. The summed E-state index contributed by atoms with van der Waals surface area (Å²) >= 11 is 3.46. The van der Waals surface area contributed by atoms with E-state index >= 15 is 0 Å². The Kier molecular flexibility index (Phi) is 5.49. The van der Waals surface area contributed by atoms with Crippen molar-refractivity contribution in [3.05, 3.63) is 46.3 Å². The van der Waals surface area contributed by atoms with Gasteiger partial charge in [0.15, 0.2) is 0 Å². The number of halogens is 1. The van der Waals surface area contributed by atoms with Crippen molar-refractivity contribution in [3.8, 4) is 11.6 Å². The summed E-state index contributed by atoms with van der Waals surface area (Å²) in [5.41, 5.74) is 2.04. The molecule has 1 aromatic carbocycles. The highest BCUT2D eigenvalue weighted by atomic mass is 79.9. The molecule has 1 N–H and O–H groups in total. The molecule has 0 aliphatic rings. The summed E-state index contributed by atoms with van der Waals surface area (Å²) in [4.78, 5) is 8.60. The van der Waals surface area contributed by atoms with Crippen LogP contribution in [0.2, 0.25) is 0 Å². The summed E-state index contributed by atoms with van der Waals surface area (Å²) in [7, 11) is 0. The number of nitrogens with zero attached hydrogens (tertiary/aromatic N) is 2. The monoisotopic (exact) mass is 335 g/mol. The zero-order valence-corrected chi connectivity index (χ0v) is 13.3. The van der Waals surface area contributed by atoms with Crippen LogP contribution in [0.4, 0.5) is 0 Å². The maximum absolute atomic E-state index is 5.68. The van der Waals surface area contributed by atoms with E-state index in [1.807, 2.05) is 25.1 Å². The zero-order chi connectivity index (χ0) is 14.4. The van der Waals surface area contributed by atoms with Crippen molar-refractivity contribution in [1.29, 1.82) is 0 Å². The zero-order valence-electron chi connectivity index (χ0n) is 11.7. The minimum absolute atomic E-state index is 0.506. The number of benzene rings is 1. The third-order valence-electron chi connectivity index (χ3n) is 2.77. The molecule has 2 aromatic rings. The van der Waals surface area contributed by atoms with Crippen molar-refractivity contribution >= 4 is 15.9 Å². The van der Waals surface area contributed by atoms with Gasteiger partial charge < -0.3 is 10.1 Å². The maximum Gasteiger partial charge on any atom is 0.237 e. The second-order valence-electron chi connectivity index (χ2n) is 4.54. The van der Waals surface area contributed by atoms with E-state index in [9.17, 15) is 0 Å². The molecule has 0 saturated carbocycles. The van der Waals surface area contributed by atoms with Gasteiger partial charge in [-0.15, -0.1) is 0 Å². The first kappa shape index (κ1) is 14.9. The molecule has 0 atom stereocenters. The molecular formula is C15H18BrN3O. The SMILES string of the molecule is CCCNCc1cnc(Oc2ccc(Br)c(C)c2)cn1. The average molecular weight is 336 g/mol. The van der Waals surface area contributed by atoms with Crippen LogP contribution in [0.5, 0.6) is 11.6 Å². The van der Waals surface area contributed by atoms with Gasteiger partial charge in [0.25, 0.3) is 0 Å². The summed E-state index contributed by atoms with van der Waals surface area (Å²) in [6.07, 6.45) is 4.50. The number of nitrogens with one attached hydrogen (secondary N) is 1. The van der Waals surface area contributed by atoms with E-state index in [1.165, 1.54) is 0 Å². The van der Waals surface area contributed by atoms with Crippen molar-refractivity contribution in [2.75, 3.05) is 6.54 Å². The molecule has 0 amide bonds. The Balaban J connectivity index is 1.97. The van der Waals surface area contributed by atoms with Crippen LogP contribution in [-0.4, -0.2) is 16.5 Å². The fourth-order valence-electron chi connectivity index (χ4n) is 1.68. The molecule has 0 spiro atoms. The van der Waals surface area contributed by atoms with Gasteiger partial charge in [0, 0.05) is 11.0 Å². The second-order valence-corrected chi connectivity index (χ2v) is 5.39. The van der Waals surface area contributed by atoms with E-state index in [0.29, 0.717) is 5.88 Å². The Morgan fingerprint density at radius 1 is 1.25 bits per heavy atom. The van der Waals surface area contributed by atoms with Crippen molar-refractivity contribution in [2.24, 2.45) is 0 Å². The van der Waals surface area contributed by atoms with Crippen molar-refractivity contribution in [1.82, 2.24) is 15.3 Å². The molecule has 0 bridgehead atoms. The summed E-state index contributed by atoms with van der Waals surface area (Å²) in [6, 6.07) is 5.82. The van der Waals surface area contributed by atoms with Crippen LogP contribution in [-0.2, 0) is 6.54 Å². The fraction of sp³-hybridized carbons (Fsp3) is 0.333. The average Bonchev–Trinajstić information content (AvgIpc) is 2.45. The third kappa shape index (κ3) is 4.28. The number of ether oxygens (including phenoxy) is 1. The Bertz CT molecular complexity index is 558. The predicted molar refractivity (Wildman–Crippen MR) is 83.0 cm³/mol. The summed E-state index contributed by atoms with van der Waals surface area (Å²) < 4.78 is 6.74. The van der Waals surface area contributed by atoms with Gasteiger partial charge in [-0.2, -0.15) is 0 Å². The van der Waals surface area contributed by atoms with Gasteiger partial charge in [-0.05, 0) is 43.7 Å². The van der Waals surface area contributed by atoms with Crippen LogP contribution < -0.4 is 10.1 Å². The topological polar surface area (TPSA) is 47.0 Å². The van der Waals surface area contributed by atoms with Crippen LogP contribution in [0.15, 0.2) is 35.1 Å². The number of rotatable bonds is 6. The summed E-state index contributed by atoms with van der Waals surface area (Å²) in [5.74, 6) is 1.27. The van der Waals surface area contributed by atoms with Gasteiger partial charge in [-0.3, -0.25) is 4.98 Å². The van der Waals surface area contributed by atoms with Crippen molar-refractivity contribution in [2.45, 2.75) is 26.8 Å². The molecule has 4 nitrogen and oxygen atoms in total. The molecule has 1 aromatic heterocycles. The van der Waals surface area contributed by atoms with Gasteiger partial charge in [-0.25, -0.2) is 4.98 Å². The minimum Gasteiger partial charge on any atom is -0.437 e. The molecule has 0 unspecified atom stereocenters. The van der Waals surface area contributed by atoms with E-state index in [1.54, 1.807) is 12.4 Å². The van der Waals surface area contributed by atoms with Gasteiger partial charge in [-0.1, -0.05) is 22.9 Å². The lowest BCUT2D eigenvalue weighted by molar-refractivity contribution is 0.458. The summed E-state index contributed by atoms with van der Waals surface area (Å²) in [6.45, 7) is 5.87. The minimum atomic E-state index is 0.506. The first-order valence-electron chi connectivity index (χ1n) is 6.64. The highest BCUT2D eigenvalue weighted by Crippen LogP contribution is 2.24. The quantitative estimate of drug-likeness (QED) is 0.814. The van der Waals surface area contributed by atoms with Crippen LogP contribution in [0, 0.1) is 6.92 Å². The molecule has 0 aliphatic carbocycles. The number of aromatic nitrogens is 2. The number of hydrogen-bond acceptors (Lipinski definition) is 4. The van der Waals surface area contributed by atoms with Crippen LogP contribution in [0.25, 0.3) is 0 Å². The summed E-state index contributed by atoms with van der Waals surface area (Å²) in [5, 5.41) is 3.29. The highest BCUT2D eigenvalue weighted by molar-refractivity contribution is 9.10. The lowest BCUT2D eigenvalue weighted by Gasteiger charge is -2.07. The molecule has 0 saturated heterocycles. The molecule has 20 heavy (non-hydrogen) atoms. The second kappa shape index (κ2) is 7.36. The van der Waals surface area contributed by atoms with Crippen LogP contribution >= 0.6 is 15.9 Å². The molecular weight excluding hydrogens is 318 g/mol. The molecule has 0 radical (unpaired) electrons. The normalized spacial score (nSPS) is 10.6. The Labute approximate surface area is 127 Å². The largest absolute Gasteiger partial charge is 0.437 e. The van der Waals surface area contributed by atoms with Crippen LogP contribution in [0.3, 0.4) is 0 Å². The standard InChI is InChI=1S/C15H18BrN3O/c1-3-6-17-8-12-9-19-15(10-18-12)20-13-4-5-14(16)11(2)7-13/h4-5,7,9-10,17H,3,6,8H2,1-2H3.